The van der Waals surface area contributed by atoms with Gasteiger partial charge in [0.25, 0.3) is 0 Å². The third-order valence-electron chi connectivity index (χ3n) is 15.1. The van der Waals surface area contributed by atoms with Crippen molar-refractivity contribution in [3.63, 3.8) is 0 Å². The van der Waals surface area contributed by atoms with Gasteiger partial charge in [0.05, 0.1) is 40.3 Å². The zero-order chi connectivity index (χ0) is 52.0. The number of rotatable bonds is 14. The number of aromatic nitrogens is 3. The van der Waals surface area contributed by atoms with Crippen LogP contribution in [0.5, 0.6) is 5.75 Å². The summed E-state index contributed by atoms with van der Waals surface area (Å²) in [5.74, 6) is -2.16. The maximum atomic E-state index is 15.3. The van der Waals surface area contributed by atoms with E-state index in [2.05, 4.69) is 76.0 Å². The minimum absolute atomic E-state index is 0.0218. The molecular formula is C53H61BrF2N11O6P. The smallest absolute Gasteiger partial charge is 0.234 e. The van der Waals surface area contributed by atoms with Gasteiger partial charge < -0.3 is 40.0 Å². The average molecular weight is 1100 g/mol. The SMILES string of the molecule is CCc1cc(Nc2ncc(Br)c(Nc3ccc4nc(NC(=O)C5CC5)ccc4c3P(C)(C)=O)n2)c(OC)cc1N1CCC(N2CCN(C(=O)C3CCN(c4cc(F)c(C5CCC(=O)NC5=O)c(F)c4)C3)CC2)CC1. The van der Waals surface area contributed by atoms with Crippen LogP contribution in [-0.4, -0.2) is 127 Å². The Bertz CT molecular complexity index is 3060. The number of nitrogens with zero attached hydrogens (tertiary/aromatic N) is 7. The molecule has 2 atom stereocenters. The molecule has 10 rings (SSSR count). The number of ether oxygens (including phenoxy) is 1. The fourth-order valence-electron chi connectivity index (χ4n) is 11.0. The first-order valence-electron chi connectivity index (χ1n) is 25.5. The highest BCUT2D eigenvalue weighted by Crippen LogP contribution is 2.43. The van der Waals surface area contributed by atoms with E-state index in [9.17, 15) is 23.7 Å². The Balaban J connectivity index is 0.743. The standard InChI is InChI=1S/C53H61BrF2N11O6P/c1-5-30-24-42(60-53-57-28-37(54)49(63-53)59-41-11-10-40-35(48(41)74(3,4)72)8-12-45(58-40)61-50(69)31-6-7-31)44(73-2)27-43(30)65-18-15-33(16-19-65)64-20-22-66(23-21-64)52(71)32-14-17-67(29-32)34-25-38(55)47(39(56)26-34)36-9-13-46(68)62-51(36)70/h8,10-12,24-28,31-33,36H,5-7,9,13-23,29H2,1-4H3,(H,58,61,69)(H,62,68,70)(H2,57,59,60,63). The predicted octanol–water partition coefficient (Wildman–Crippen LogP) is 7.88. The average Bonchev–Trinajstić information content (AvgIpc) is 4.13. The van der Waals surface area contributed by atoms with Crippen molar-refractivity contribution in [1.29, 1.82) is 0 Å². The normalized spacial score (nSPS) is 20.0. The second kappa shape index (κ2) is 21.2. The molecule has 0 bridgehead atoms. The Morgan fingerprint density at radius 3 is 2.26 bits per heavy atom. The molecular weight excluding hydrogens is 1040 g/mol. The number of benzene rings is 3. The van der Waals surface area contributed by atoms with E-state index >= 15 is 8.78 Å². The first-order chi connectivity index (χ1) is 35.5. The molecule has 4 aliphatic heterocycles. The number of piperazine rings is 1. The highest BCUT2D eigenvalue weighted by molar-refractivity contribution is 9.10. The predicted molar refractivity (Wildman–Crippen MR) is 286 cm³/mol. The number of pyridine rings is 1. The van der Waals surface area contributed by atoms with E-state index in [0.29, 0.717) is 94.3 Å². The van der Waals surface area contributed by atoms with E-state index < -0.39 is 36.5 Å². The topological polar surface area (TPSA) is 194 Å². The lowest BCUT2D eigenvalue weighted by atomic mass is 9.89. The second-order valence-electron chi connectivity index (χ2n) is 20.4. The Morgan fingerprint density at radius 1 is 0.851 bits per heavy atom. The number of carbonyl (C=O) groups is 4. The van der Waals surface area contributed by atoms with Gasteiger partial charge in [-0.25, -0.2) is 18.7 Å². The van der Waals surface area contributed by atoms with Crippen LogP contribution in [0.2, 0.25) is 0 Å². The molecule has 5 aliphatic rings. The summed E-state index contributed by atoms with van der Waals surface area (Å²) in [7, 11) is -1.23. The van der Waals surface area contributed by atoms with E-state index in [1.807, 2.05) is 28.0 Å². The summed E-state index contributed by atoms with van der Waals surface area (Å²) in [4.78, 5) is 72.9. The highest BCUT2D eigenvalue weighted by Gasteiger charge is 2.37. The minimum Gasteiger partial charge on any atom is -0.494 e. The molecule has 4 N–H and O–H groups in total. The van der Waals surface area contributed by atoms with E-state index in [4.69, 9.17) is 9.72 Å². The molecule has 5 fully saturated rings. The molecule has 4 amide bonds. The molecule has 1 saturated carbocycles. The van der Waals surface area contributed by atoms with Gasteiger partial charge in [-0.15, -0.1) is 0 Å². The third-order valence-corrected chi connectivity index (χ3v) is 17.2. The van der Waals surface area contributed by atoms with Gasteiger partial charge in [0.15, 0.2) is 0 Å². The number of hydrogen-bond acceptors (Lipinski definition) is 14. The van der Waals surface area contributed by atoms with Crippen LogP contribution in [0.1, 0.15) is 68.9 Å². The number of piperidine rings is 2. The van der Waals surface area contributed by atoms with Gasteiger partial charge in [0.2, 0.25) is 29.6 Å². The number of anilines is 7. The van der Waals surface area contributed by atoms with Crippen LogP contribution in [0, 0.1) is 23.5 Å². The molecule has 74 heavy (non-hydrogen) atoms. The Hall–Kier alpha value is -6.24. The van der Waals surface area contributed by atoms with Crippen molar-refractivity contribution in [3.8, 4) is 5.75 Å². The lowest BCUT2D eigenvalue weighted by molar-refractivity contribution is -0.137. The third kappa shape index (κ3) is 10.8. The van der Waals surface area contributed by atoms with E-state index in [0.717, 1.165) is 74.9 Å². The van der Waals surface area contributed by atoms with Crippen molar-refractivity contribution < 1.29 is 37.3 Å². The van der Waals surface area contributed by atoms with Crippen LogP contribution < -0.4 is 41.1 Å². The zero-order valence-corrected chi connectivity index (χ0v) is 44.5. The van der Waals surface area contributed by atoms with E-state index in [1.165, 1.54) is 12.1 Å². The summed E-state index contributed by atoms with van der Waals surface area (Å²) in [6.45, 7) is 10.9. The molecule has 21 heteroatoms. The number of nitrogens with one attached hydrogen (secondary N) is 4. The summed E-state index contributed by atoms with van der Waals surface area (Å²) in [6, 6.07) is 14.3. The van der Waals surface area contributed by atoms with E-state index in [-0.39, 0.29) is 42.1 Å². The molecule has 6 heterocycles. The van der Waals surface area contributed by atoms with Crippen LogP contribution in [0.3, 0.4) is 0 Å². The number of halogens is 3. The van der Waals surface area contributed by atoms with Gasteiger partial charge in [-0.05, 0) is 122 Å². The van der Waals surface area contributed by atoms with Gasteiger partial charge in [-0.1, -0.05) is 6.92 Å². The minimum atomic E-state index is -2.87. The highest BCUT2D eigenvalue weighted by atomic mass is 79.9. The number of hydrogen-bond donors (Lipinski definition) is 4. The molecule has 3 aromatic carbocycles. The fraction of sp³-hybridized carbons (Fsp3) is 0.453. The van der Waals surface area contributed by atoms with Crippen LogP contribution in [-0.2, 0) is 30.2 Å². The summed E-state index contributed by atoms with van der Waals surface area (Å²) in [6.07, 6.45) is 6.80. The first-order valence-corrected chi connectivity index (χ1v) is 28.9. The number of methoxy groups -OCH3 is 1. The molecule has 2 unspecified atom stereocenters. The van der Waals surface area contributed by atoms with Crippen LogP contribution in [0.15, 0.2) is 59.2 Å². The Morgan fingerprint density at radius 2 is 1.58 bits per heavy atom. The van der Waals surface area contributed by atoms with E-state index in [1.54, 1.807) is 32.7 Å². The Kier molecular flexibility index (Phi) is 14.7. The van der Waals surface area contributed by atoms with Crippen molar-refractivity contribution in [2.24, 2.45) is 11.8 Å². The number of carbonyl (C=O) groups excluding carboxylic acids is 4. The van der Waals surface area contributed by atoms with Crippen LogP contribution in [0.4, 0.5) is 49.1 Å². The maximum Gasteiger partial charge on any atom is 0.234 e. The van der Waals surface area contributed by atoms with Crippen molar-refractivity contribution >= 4 is 103 Å². The number of fused-ring (bicyclic) bond motifs is 1. The zero-order valence-electron chi connectivity index (χ0n) is 42.0. The van der Waals surface area contributed by atoms with Crippen molar-refractivity contribution in [2.75, 3.05) is 98.5 Å². The monoisotopic (exact) mass is 1100 g/mol. The van der Waals surface area contributed by atoms with Crippen molar-refractivity contribution in [2.45, 2.75) is 70.3 Å². The van der Waals surface area contributed by atoms with Gasteiger partial charge in [0.1, 0.15) is 36.2 Å². The molecule has 1 aliphatic carbocycles. The Labute approximate surface area is 437 Å². The van der Waals surface area contributed by atoms with Crippen LogP contribution >= 0.6 is 23.1 Å². The summed E-state index contributed by atoms with van der Waals surface area (Å²) in [5.41, 5.74) is 4.23. The molecule has 0 spiro atoms. The molecule has 0 radical (unpaired) electrons. The van der Waals surface area contributed by atoms with Gasteiger partial charge in [-0.2, -0.15) is 4.98 Å². The first kappa shape index (κ1) is 51.3. The summed E-state index contributed by atoms with van der Waals surface area (Å²) < 4.78 is 51.1. The number of imide groups is 1. The summed E-state index contributed by atoms with van der Waals surface area (Å²) >= 11 is 3.61. The molecule has 5 aromatic rings. The molecule has 17 nitrogen and oxygen atoms in total. The lowest BCUT2D eigenvalue weighted by Crippen LogP contribution is -2.55. The van der Waals surface area contributed by atoms with Gasteiger partial charge in [-0.3, -0.25) is 29.4 Å². The van der Waals surface area contributed by atoms with Crippen molar-refractivity contribution in [1.82, 2.24) is 30.1 Å². The van der Waals surface area contributed by atoms with Gasteiger partial charge >= 0.3 is 0 Å². The molecule has 2 aromatic heterocycles. The largest absolute Gasteiger partial charge is 0.494 e. The summed E-state index contributed by atoms with van der Waals surface area (Å²) in [5, 5.41) is 13.2. The molecule has 4 saturated heterocycles. The fourth-order valence-corrected chi connectivity index (χ4v) is 12.8. The number of amides is 4. The van der Waals surface area contributed by atoms with Crippen LogP contribution in [0.25, 0.3) is 10.9 Å². The molecule has 390 valence electrons. The number of aryl methyl sites for hydroxylation is 1. The van der Waals surface area contributed by atoms with Gasteiger partial charge in [0, 0.05) is 111 Å². The quantitative estimate of drug-likeness (QED) is 0.0620. The van der Waals surface area contributed by atoms with Crippen molar-refractivity contribution in [3.05, 3.63) is 82.0 Å². The maximum absolute atomic E-state index is 15.3. The second-order valence-corrected chi connectivity index (χ2v) is 24.4. The lowest BCUT2D eigenvalue weighted by Gasteiger charge is -2.44.